The van der Waals surface area contributed by atoms with Crippen molar-refractivity contribution in [3.8, 4) is 12.1 Å². The SMILES string of the molecule is N#CC(C#N)c1cc(N)c(C(=O)c2ccccc2)c(=O)[nH]1. The fourth-order valence-corrected chi connectivity index (χ4v) is 1.89. The van der Waals surface area contributed by atoms with E-state index in [4.69, 9.17) is 16.3 Å². The zero-order chi connectivity index (χ0) is 15.4. The highest BCUT2D eigenvalue weighted by Gasteiger charge is 2.20. The van der Waals surface area contributed by atoms with Gasteiger partial charge >= 0.3 is 0 Å². The van der Waals surface area contributed by atoms with E-state index in [1.807, 2.05) is 0 Å². The second-order valence-electron chi connectivity index (χ2n) is 4.27. The van der Waals surface area contributed by atoms with Crippen molar-refractivity contribution in [2.75, 3.05) is 5.73 Å². The van der Waals surface area contributed by atoms with Crippen molar-refractivity contribution in [1.29, 1.82) is 10.5 Å². The third-order valence-electron chi connectivity index (χ3n) is 2.92. The Kier molecular flexibility index (Phi) is 3.83. The first-order valence-corrected chi connectivity index (χ1v) is 6.00. The first-order chi connectivity index (χ1) is 10.1. The fraction of sp³-hybridized carbons (Fsp3) is 0.0667. The Hall–Kier alpha value is -3.38. The first-order valence-electron chi connectivity index (χ1n) is 6.00. The average molecular weight is 278 g/mol. The largest absolute Gasteiger partial charge is 0.398 e. The number of carbonyl (C=O) groups is 1. The number of rotatable bonds is 3. The predicted octanol–water partition coefficient (Wildman–Crippen LogP) is 1.32. The van der Waals surface area contributed by atoms with Gasteiger partial charge in [-0.2, -0.15) is 10.5 Å². The van der Waals surface area contributed by atoms with E-state index in [2.05, 4.69) is 4.98 Å². The third-order valence-corrected chi connectivity index (χ3v) is 2.92. The highest BCUT2D eigenvalue weighted by molar-refractivity contribution is 6.11. The van der Waals surface area contributed by atoms with E-state index in [1.165, 1.54) is 6.07 Å². The summed E-state index contributed by atoms with van der Waals surface area (Å²) in [6.45, 7) is 0. The highest BCUT2D eigenvalue weighted by Crippen LogP contribution is 2.17. The van der Waals surface area contributed by atoms with Gasteiger partial charge in [0.2, 0.25) is 5.78 Å². The normalized spacial score (nSPS) is 9.86. The molecule has 0 saturated carbocycles. The van der Waals surface area contributed by atoms with Gasteiger partial charge in [-0.05, 0) is 6.07 Å². The number of pyridine rings is 1. The van der Waals surface area contributed by atoms with Crippen LogP contribution in [0.25, 0.3) is 0 Å². The lowest BCUT2D eigenvalue weighted by atomic mass is 10.0. The summed E-state index contributed by atoms with van der Waals surface area (Å²) in [4.78, 5) is 26.7. The van der Waals surface area contributed by atoms with Crippen molar-refractivity contribution in [2.45, 2.75) is 5.92 Å². The molecule has 21 heavy (non-hydrogen) atoms. The number of ketones is 1. The summed E-state index contributed by atoms with van der Waals surface area (Å²) in [7, 11) is 0. The number of H-pyrrole nitrogens is 1. The first kappa shape index (κ1) is 14.0. The zero-order valence-corrected chi connectivity index (χ0v) is 10.8. The number of benzene rings is 1. The van der Waals surface area contributed by atoms with Gasteiger partial charge < -0.3 is 10.7 Å². The Morgan fingerprint density at radius 2 is 1.81 bits per heavy atom. The molecule has 1 heterocycles. The molecule has 1 aromatic carbocycles. The molecule has 0 amide bonds. The minimum Gasteiger partial charge on any atom is -0.398 e. The lowest BCUT2D eigenvalue weighted by Gasteiger charge is -2.07. The molecule has 0 unspecified atom stereocenters. The van der Waals surface area contributed by atoms with Crippen LogP contribution in [0.15, 0.2) is 41.2 Å². The number of nitrogens with zero attached hydrogens (tertiary/aromatic N) is 2. The Labute approximate surface area is 120 Å². The van der Waals surface area contributed by atoms with Crippen LogP contribution < -0.4 is 11.3 Å². The van der Waals surface area contributed by atoms with Gasteiger partial charge in [-0.1, -0.05) is 30.3 Å². The van der Waals surface area contributed by atoms with Crippen LogP contribution in [0, 0.1) is 22.7 Å². The number of nitrogens with one attached hydrogen (secondary N) is 1. The summed E-state index contributed by atoms with van der Waals surface area (Å²) < 4.78 is 0. The van der Waals surface area contributed by atoms with E-state index in [9.17, 15) is 9.59 Å². The van der Waals surface area contributed by atoms with E-state index in [-0.39, 0.29) is 16.9 Å². The summed E-state index contributed by atoms with van der Waals surface area (Å²) in [6.07, 6.45) is 0. The maximum absolute atomic E-state index is 12.3. The molecule has 6 heteroatoms. The number of aromatic amines is 1. The van der Waals surface area contributed by atoms with Gasteiger partial charge in [-0.15, -0.1) is 0 Å². The van der Waals surface area contributed by atoms with Crippen LogP contribution in [0.5, 0.6) is 0 Å². The summed E-state index contributed by atoms with van der Waals surface area (Å²) >= 11 is 0. The molecule has 0 saturated heterocycles. The molecule has 0 atom stereocenters. The third kappa shape index (κ3) is 2.65. The number of carbonyl (C=O) groups excluding carboxylic acids is 1. The van der Waals surface area contributed by atoms with E-state index >= 15 is 0 Å². The van der Waals surface area contributed by atoms with Crippen molar-refractivity contribution >= 4 is 11.5 Å². The van der Waals surface area contributed by atoms with Crippen molar-refractivity contribution < 1.29 is 4.79 Å². The second-order valence-corrected chi connectivity index (χ2v) is 4.27. The highest BCUT2D eigenvalue weighted by atomic mass is 16.1. The summed E-state index contributed by atoms with van der Waals surface area (Å²) in [5, 5.41) is 17.6. The van der Waals surface area contributed by atoms with Crippen LogP contribution in [0.2, 0.25) is 0 Å². The molecular weight excluding hydrogens is 268 g/mol. The molecular formula is C15H10N4O2. The number of nitrogens with two attached hydrogens (primary N) is 1. The number of nitriles is 2. The van der Waals surface area contributed by atoms with Crippen LogP contribution in [0.1, 0.15) is 27.5 Å². The minimum atomic E-state index is -1.14. The number of hydrogen-bond donors (Lipinski definition) is 2. The van der Waals surface area contributed by atoms with Gasteiger partial charge in [-0.3, -0.25) is 9.59 Å². The molecule has 0 aliphatic carbocycles. The van der Waals surface area contributed by atoms with E-state index in [0.717, 1.165) is 0 Å². The van der Waals surface area contributed by atoms with Gasteiger partial charge in [0, 0.05) is 5.56 Å². The molecule has 6 nitrogen and oxygen atoms in total. The number of nitrogen functional groups attached to an aromatic ring is 1. The lowest BCUT2D eigenvalue weighted by molar-refractivity contribution is 0.103. The van der Waals surface area contributed by atoms with Gasteiger partial charge in [-0.25, -0.2) is 0 Å². The zero-order valence-electron chi connectivity index (χ0n) is 10.8. The van der Waals surface area contributed by atoms with Gasteiger partial charge in [0.05, 0.1) is 23.5 Å². The quantitative estimate of drug-likeness (QED) is 0.819. The molecule has 3 N–H and O–H groups in total. The Bertz CT molecular complexity index is 811. The molecule has 1 aromatic heterocycles. The van der Waals surface area contributed by atoms with Crippen molar-refractivity contribution in [2.24, 2.45) is 0 Å². The van der Waals surface area contributed by atoms with Gasteiger partial charge in [0.25, 0.3) is 5.56 Å². The van der Waals surface area contributed by atoms with Crippen LogP contribution >= 0.6 is 0 Å². The van der Waals surface area contributed by atoms with Crippen molar-refractivity contribution in [1.82, 2.24) is 4.98 Å². The Morgan fingerprint density at radius 3 is 2.33 bits per heavy atom. The standard InChI is InChI=1S/C15H10N4O2/c16-7-10(8-17)12-6-11(18)13(15(21)19-12)14(20)9-4-2-1-3-5-9/h1-6,10H,(H3,18,19,21). The van der Waals surface area contributed by atoms with Gasteiger partial charge in [0.1, 0.15) is 5.56 Å². The minimum absolute atomic E-state index is 0.0573. The lowest BCUT2D eigenvalue weighted by Crippen LogP contribution is -2.23. The fourth-order valence-electron chi connectivity index (χ4n) is 1.89. The maximum Gasteiger partial charge on any atom is 0.261 e. The van der Waals surface area contributed by atoms with Crippen molar-refractivity contribution in [3.63, 3.8) is 0 Å². The van der Waals surface area contributed by atoms with Crippen LogP contribution in [0.3, 0.4) is 0 Å². The molecule has 0 aliphatic rings. The summed E-state index contributed by atoms with van der Waals surface area (Å²) in [5.41, 5.74) is 5.19. The number of aromatic nitrogens is 1. The Balaban J connectivity index is 2.54. The molecule has 102 valence electrons. The molecule has 0 fully saturated rings. The van der Waals surface area contributed by atoms with Crippen LogP contribution in [0.4, 0.5) is 5.69 Å². The molecule has 0 radical (unpaired) electrons. The second kappa shape index (κ2) is 5.72. The van der Waals surface area contributed by atoms with E-state index in [1.54, 1.807) is 42.5 Å². The smallest absolute Gasteiger partial charge is 0.261 e. The van der Waals surface area contributed by atoms with Crippen LogP contribution in [-0.2, 0) is 0 Å². The topological polar surface area (TPSA) is 124 Å². The predicted molar refractivity (Wildman–Crippen MR) is 75.3 cm³/mol. The summed E-state index contributed by atoms with van der Waals surface area (Å²) in [5.74, 6) is -1.65. The molecule has 2 rings (SSSR count). The summed E-state index contributed by atoms with van der Waals surface area (Å²) in [6, 6.07) is 13.0. The van der Waals surface area contributed by atoms with Crippen LogP contribution in [-0.4, -0.2) is 10.8 Å². The van der Waals surface area contributed by atoms with Gasteiger partial charge in [0.15, 0.2) is 5.92 Å². The molecule has 0 spiro atoms. The Morgan fingerprint density at radius 1 is 1.19 bits per heavy atom. The van der Waals surface area contributed by atoms with Crippen molar-refractivity contribution in [3.05, 3.63) is 63.6 Å². The number of hydrogen-bond acceptors (Lipinski definition) is 5. The molecule has 0 aliphatic heterocycles. The molecule has 2 aromatic rings. The van der Waals surface area contributed by atoms with E-state index < -0.39 is 17.3 Å². The molecule has 0 bridgehead atoms. The van der Waals surface area contributed by atoms with E-state index in [0.29, 0.717) is 5.56 Å². The average Bonchev–Trinajstić information content (AvgIpc) is 2.48. The monoisotopic (exact) mass is 278 g/mol. The maximum atomic E-state index is 12.3. The number of anilines is 1.